The summed E-state index contributed by atoms with van der Waals surface area (Å²) in [5, 5.41) is 10.4. The fraction of sp³-hybridized carbons (Fsp3) is 0.926. The minimum atomic E-state index is -0.874. The average molecular weight is 395 g/mol. The van der Waals surface area contributed by atoms with Gasteiger partial charge in [-0.2, -0.15) is 0 Å². The molecule has 0 spiro atoms. The van der Waals surface area contributed by atoms with Crippen LogP contribution in [0.2, 0.25) is 0 Å². The Morgan fingerprint density at radius 2 is 1.96 bits per heavy atom. The van der Waals surface area contributed by atoms with Gasteiger partial charge >= 0.3 is 0 Å². The number of hydrogen-bond donors (Lipinski definition) is 1. The molecule has 0 aliphatic heterocycles. The van der Waals surface area contributed by atoms with E-state index in [4.69, 9.17) is 5.48 Å². The Hall–Kier alpha value is -0.300. The van der Waals surface area contributed by atoms with Crippen molar-refractivity contribution in [2.24, 2.45) is 46.3 Å². The van der Waals surface area contributed by atoms with Crippen LogP contribution in [0.25, 0.3) is 0 Å². The van der Waals surface area contributed by atoms with Crippen LogP contribution >= 0.6 is 0 Å². The van der Waals surface area contributed by atoms with Gasteiger partial charge in [0.05, 0.1) is 7.47 Å². The summed E-state index contributed by atoms with van der Waals surface area (Å²) in [7, 11) is 0. The predicted octanol–water partition coefficient (Wildman–Crippen LogP) is 7.39. The molecule has 0 saturated heterocycles. The first-order valence-corrected chi connectivity index (χ1v) is 12.1. The standard InChI is InChI=1S/C27H46O/c1-18(2)7-6-8-19(3)23-11-12-24-22-10-9-20-17-21(28)13-15-26(20,4)25(22)14-16-27(23,24)5/h9,18-19,21-25,28H,6-8,10-17H2,1-5H3/t19-,21+,22+,23-,24+,25+,26+,27-/m1/s1/i9T,10T,13T,15T/t10?,13?,15?,19-,21+,22+,23-,24+,25+,26+,27-. The van der Waals surface area contributed by atoms with Crippen molar-refractivity contribution in [1.29, 1.82) is 0 Å². The Bertz CT molecular complexity index is 737. The third kappa shape index (κ3) is 3.42. The van der Waals surface area contributed by atoms with Gasteiger partial charge in [0.1, 0.15) is 0 Å². The van der Waals surface area contributed by atoms with Gasteiger partial charge in [-0.15, -0.1) is 0 Å². The zero-order chi connectivity index (χ0) is 23.6. The predicted molar refractivity (Wildman–Crippen MR) is 119 cm³/mol. The molecule has 160 valence electrons. The van der Waals surface area contributed by atoms with Crippen molar-refractivity contribution < 1.29 is 10.6 Å². The SMILES string of the molecule is [3H]C1=C2C[C@@H](O)C([3H])C([3H])[C@]2(C)[C@H]2CC[C@]3(C)[C@@H]([C@H](C)CCCC(C)C)CC[C@H]3[C@@H]2C1[3H]. The highest BCUT2D eigenvalue weighted by molar-refractivity contribution is 5.25. The fourth-order valence-corrected chi connectivity index (χ4v) is 7.82. The minimum Gasteiger partial charge on any atom is -0.393 e. The molecule has 28 heavy (non-hydrogen) atoms. The molecule has 0 bridgehead atoms. The van der Waals surface area contributed by atoms with E-state index >= 15 is 0 Å². The summed E-state index contributed by atoms with van der Waals surface area (Å²) in [4.78, 5) is 0. The molecule has 3 saturated carbocycles. The van der Waals surface area contributed by atoms with Crippen molar-refractivity contribution in [2.45, 2.75) is 111 Å². The number of hydrogen-bond acceptors (Lipinski definition) is 1. The zero-order valence-corrected chi connectivity index (χ0v) is 18.9. The first-order valence-electron chi connectivity index (χ1n) is 14.3. The van der Waals surface area contributed by atoms with Crippen molar-refractivity contribution in [3.8, 4) is 0 Å². The van der Waals surface area contributed by atoms with Crippen LogP contribution in [0, 0.1) is 46.3 Å². The van der Waals surface area contributed by atoms with Crippen molar-refractivity contribution in [3.05, 3.63) is 11.6 Å². The van der Waals surface area contributed by atoms with Crippen molar-refractivity contribution in [2.75, 3.05) is 0 Å². The number of aliphatic hydroxyl groups excluding tert-OH is 1. The van der Waals surface area contributed by atoms with E-state index in [2.05, 4.69) is 34.6 Å². The van der Waals surface area contributed by atoms with Gasteiger partial charge < -0.3 is 5.11 Å². The maximum atomic E-state index is 10.4. The van der Waals surface area contributed by atoms with Gasteiger partial charge in [0.15, 0.2) is 0 Å². The molecule has 0 aromatic carbocycles. The summed E-state index contributed by atoms with van der Waals surface area (Å²) in [6.45, 7) is 11.7. The lowest BCUT2D eigenvalue weighted by atomic mass is 9.47. The van der Waals surface area contributed by atoms with Crippen LogP contribution in [0.5, 0.6) is 0 Å². The zero-order valence-electron chi connectivity index (χ0n) is 22.9. The topological polar surface area (TPSA) is 20.2 Å². The minimum absolute atomic E-state index is 0.123. The number of aliphatic hydroxyl groups is 1. The second kappa shape index (κ2) is 7.75. The van der Waals surface area contributed by atoms with Crippen LogP contribution in [0.15, 0.2) is 11.6 Å². The van der Waals surface area contributed by atoms with E-state index in [0.717, 1.165) is 30.8 Å². The lowest BCUT2D eigenvalue weighted by molar-refractivity contribution is -0.0573. The Morgan fingerprint density at radius 1 is 1.18 bits per heavy atom. The van der Waals surface area contributed by atoms with Crippen LogP contribution in [-0.4, -0.2) is 11.2 Å². The highest BCUT2D eigenvalue weighted by atomic mass is 16.3. The van der Waals surface area contributed by atoms with E-state index < -0.39 is 30.7 Å². The highest BCUT2D eigenvalue weighted by Crippen LogP contribution is 2.67. The molecule has 0 heterocycles. The second-order valence-electron chi connectivity index (χ2n) is 11.5. The van der Waals surface area contributed by atoms with E-state index in [-0.39, 0.29) is 17.3 Å². The van der Waals surface area contributed by atoms with Gasteiger partial charge in [0.2, 0.25) is 0 Å². The molecular weight excluding hydrogens is 340 g/mol. The number of allylic oxidation sites excluding steroid dienone is 1. The molecule has 0 amide bonds. The lowest BCUT2D eigenvalue weighted by Crippen LogP contribution is -2.50. The van der Waals surface area contributed by atoms with Crippen molar-refractivity contribution in [3.63, 3.8) is 0 Å². The summed E-state index contributed by atoms with van der Waals surface area (Å²) in [6, 6.07) is 0.370. The molecule has 3 unspecified atom stereocenters. The monoisotopic (exact) mass is 394 g/mol. The third-order valence-electron chi connectivity index (χ3n) is 9.48. The molecule has 3 fully saturated rings. The Balaban J connectivity index is 1.62. The second-order valence-corrected chi connectivity index (χ2v) is 11.5. The molecule has 4 aliphatic carbocycles. The lowest BCUT2D eigenvalue weighted by Gasteiger charge is -2.58. The molecule has 4 rings (SSSR count). The summed E-state index contributed by atoms with van der Waals surface area (Å²) >= 11 is 0. The molecule has 0 aromatic heterocycles. The Labute approximate surface area is 180 Å². The van der Waals surface area contributed by atoms with Gasteiger partial charge in [0, 0.05) is 4.11 Å². The van der Waals surface area contributed by atoms with Gasteiger partial charge in [-0.1, -0.05) is 65.5 Å². The highest BCUT2D eigenvalue weighted by Gasteiger charge is 2.59. The van der Waals surface area contributed by atoms with Crippen LogP contribution in [0.3, 0.4) is 0 Å². The van der Waals surface area contributed by atoms with Gasteiger partial charge in [-0.25, -0.2) is 0 Å². The van der Waals surface area contributed by atoms with E-state index in [1.807, 2.05) is 0 Å². The van der Waals surface area contributed by atoms with E-state index in [9.17, 15) is 5.11 Å². The molecule has 1 N–H and O–H groups in total. The number of fused-ring (bicyclic) bond motifs is 5. The summed E-state index contributed by atoms with van der Waals surface area (Å²) in [5.41, 5.74) is 0.528. The van der Waals surface area contributed by atoms with Gasteiger partial charge in [-0.05, 0) is 97.6 Å². The van der Waals surface area contributed by atoms with Crippen molar-refractivity contribution in [1.82, 2.24) is 0 Å². The van der Waals surface area contributed by atoms with Crippen LogP contribution in [0.4, 0.5) is 0 Å². The molecule has 1 heteroatoms. The van der Waals surface area contributed by atoms with E-state index in [1.165, 1.54) is 25.7 Å². The third-order valence-corrected chi connectivity index (χ3v) is 9.48. The Morgan fingerprint density at radius 3 is 2.71 bits per heavy atom. The van der Waals surface area contributed by atoms with Gasteiger partial charge in [0.25, 0.3) is 0 Å². The maximum Gasteiger partial charge on any atom is 0.0577 e. The van der Waals surface area contributed by atoms with E-state index in [1.54, 1.807) is 0 Å². The summed E-state index contributed by atoms with van der Waals surface area (Å²) in [6.07, 6.45) is 5.83. The van der Waals surface area contributed by atoms with Crippen LogP contribution in [-0.2, 0) is 0 Å². The summed E-state index contributed by atoms with van der Waals surface area (Å²) in [5.74, 6) is 2.94. The largest absolute Gasteiger partial charge is 0.393 e. The van der Waals surface area contributed by atoms with E-state index in [0.29, 0.717) is 30.2 Å². The van der Waals surface area contributed by atoms with Crippen LogP contribution < -0.4 is 0 Å². The average Bonchev–Trinajstić information content (AvgIpc) is 3.09. The normalized spacial score (nSPS) is 56.8. The molecule has 11 atom stereocenters. The Kier molecular flexibility index (Phi) is 4.54. The smallest absolute Gasteiger partial charge is 0.0577 e. The van der Waals surface area contributed by atoms with Crippen LogP contribution in [0.1, 0.15) is 111 Å². The number of rotatable bonds is 5. The fourth-order valence-electron chi connectivity index (χ4n) is 7.82. The quantitative estimate of drug-likeness (QED) is 0.482. The first kappa shape index (κ1) is 16.4. The molecule has 0 radical (unpaired) electrons. The molecule has 1 nitrogen and oxygen atoms in total. The molecule has 0 aromatic rings. The maximum absolute atomic E-state index is 10.4. The van der Waals surface area contributed by atoms with Gasteiger partial charge in [-0.3, -0.25) is 0 Å². The molecule has 4 aliphatic rings. The summed E-state index contributed by atoms with van der Waals surface area (Å²) < 4.78 is 35.4. The first-order chi connectivity index (χ1) is 14.9. The van der Waals surface area contributed by atoms with Crippen molar-refractivity contribution >= 4 is 0 Å². The molecular formula is C27H46O.